The number of aromatic nitrogens is 2. The van der Waals surface area contributed by atoms with Gasteiger partial charge in [-0.2, -0.15) is 0 Å². The summed E-state index contributed by atoms with van der Waals surface area (Å²) in [5, 5.41) is 0. The summed E-state index contributed by atoms with van der Waals surface area (Å²) < 4.78 is 11.0. The van der Waals surface area contributed by atoms with Crippen molar-refractivity contribution < 1.29 is 9.47 Å². The van der Waals surface area contributed by atoms with Crippen LogP contribution in [0.15, 0.2) is 18.6 Å². The van der Waals surface area contributed by atoms with Crippen LogP contribution in [0.4, 0.5) is 0 Å². The van der Waals surface area contributed by atoms with Crippen molar-refractivity contribution in [2.45, 2.75) is 25.7 Å². The molecule has 2 rings (SSSR count). The maximum atomic E-state index is 5.61. The Bertz CT molecular complexity index is 289. The summed E-state index contributed by atoms with van der Waals surface area (Å²) in [5.41, 5.74) is 0.827. The minimum Gasteiger partial charge on any atom is -0.347 e. The molecule has 0 spiro atoms. The van der Waals surface area contributed by atoms with Gasteiger partial charge in [-0.3, -0.25) is 9.97 Å². The Labute approximate surface area is 83.1 Å². The van der Waals surface area contributed by atoms with Crippen LogP contribution in [-0.4, -0.2) is 22.4 Å². The first-order valence-corrected chi connectivity index (χ1v) is 4.25. The van der Waals surface area contributed by atoms with Crippen molar-refractivity contribution in [3.05, 3.63) is 24.3 Å². The van der Waals surface area contributed by atoms with Crippen molar-refractivity contribution in [2.75, 3.05) is 6.61 Å². The minimum atomic E-state index is -0.498. The Morgan fingerprint density at radius 2 is 2.21 bits per heavy atom. The van der Waals surface area contributed by atoms with E-state index in [0.29, 0.717) is 6.61 Å². The highest BCUT2D eigenvalue weighted by atomic mass is 16.7. The van der Waals surface area contributed by atoms with E-state index in [1.165, 1.54) is 0 Å². The molecular formula is C9H15N3O2. The van der Waals surface area contributed by atoms with Gasteiger partial charge in [-0.1, -0.05) is 0 Å². The van der Waals surface area contributed by atoms with E-state index in [9.17, 15) is 0 Å². The Balaban J connectivity index is 0.000000980. The third-order valence-corrected chi connectivity index (χ3v) is 1.92. The first-order chi connectivity index (χ1) is 6.17. The van der Waals surface area contributed by atoms with Crippen molar-refractivity contribution in [1.29, 1.82) is 0 Å². The van der Waals surface area contributed by atoms with E-state index in [0.717, 1.165) is 5.69 Å². The Morgan fingerprint density at radius 3 is 2.71 bits per heavy atom. The van der Waals surface area contributed by atoms with Crippen LogP contribution in [0.5, 0.6) is 0 Å². The fourth-order valence-corrected chi connectivity index (χ4v) is 1.31. The molecule has 5 nitrogen and oxygen atoms in total. The SMILES string of the molecule is CC1(C)OCC(c2cnccn2)O1.N. The van der Waals surface area contributed by atoms with E-state index in [2.05, 4.69) is 9.97 Å². The second-order valence-corrected chi connectivity index (χ2v) is 3.45. The van der Waals surface area contributed by atoms with E-state index in [1.807, 2.05) is 13.8 Å². The average Bonchev–Trinajstić information content (AvgIpc) is 2.48. The summed E-state index contributed by atoms with van der Waals surface area (Å²) in [5.74, 6) is -0.498. The molecule has 0 bridgehead atoms. The maximum Gasteiger partial charge on any atom is 0.163 e. The van der Waals surface area contributed by atoms with Gasteiger partial charge in [0.05, 0.1) is 18.5 Å². The van der Waals surface area contributed by atoms with Gasteiger partial charge in [-0.05, 0) is 13.8 Å². The van der Waals surface area contributed by atoms with Gasteiger partial charge in [0.2, 0.25) is 0 Å². The van der Waals surface area contributed by atoms with Crippen molar-refractivity contribution in [1.82, 2.24) is 16.1 Å². The molecule has 14 heavy (non-hydrogen) atoms. The average molecular weight is 197 g/mol. The van der Waals surface area contributed by atoms with Crippen LogP contribution in [0.1, 0.15) is 25.6 Å². The molecule has 0 amide bonds. The van der Waals surface area contributed by atoms with E-state index in [4.69, 9.17) is 9.47 Å². The highest BCUT2D eigenvalue weighted by Gasteiger charge is 2.34. The van der Waals surface area contributed by atoms with Crippen LogP contribution in [0.2, 0.25) is 0 Å². The van der Waals surface area contributed by atoms with E-state index >= 15 is 0 Å². The lowest BCUT2D eigenvalue weighted by molar-refractivity contribution is -0.139. The normalized spacial score (nSPS) is 24.3. The van der Waals surface area contributed by atoms with Crippen molar-refractivity contribution in [3.63, 3.8) is 0 Å². The summed E-state index contributed by atoms with van der Waals surface area (Å²) in [7, 11) is 0. The Morgan fingerprint density at radius 1 is 1.43 bits per heavy atom. The van der Waals surface area contributed by atoms with Crippen LogP contribution in [-0.2, 0) is 9.47 Å². The minimum absolute atomic E-state index is 0. The van der Waals surface area contributed by atoms with E-state index < -0.39 is 5.79 Å². The van der Waals surface area contributed by atoms with Gasteiger partial charge in [0, 0.05) is 12.4 Å². The van der Waals surface area contributed by atoms with Crippen LogP contribution < -0.4 is 6.15 Å². The zero-order chi connectivity index (χ0) is 9.31. The molecule has 0 aromatic carbocycles. The first-order valence-electron chi connectivity index (χ1n) is 4.25. The lowest BCUT2D eigenvalue weighted by atomic mass is 10.3. The third-order valence-electron chi connectivity index (χ3n) is 1.92. The van der Waals surface area contributed by atoms with Crippen LogP contribution in [0, 0.1) is 0 Å². The monoisotopic (exact) mass is 197 g/mol. The van der Waals surface area contributed by atoms with E-state index in [1.54, 1.807) is 18.6 Å². The fraction of sp³-hybridized carbons (Fsp3) is 0.556. The lowest BCUT2D eigenvalue weighted by Crippen LogP contribution is -2.19. The summed E-state index contributed by atoms with van der Waals surface area (Å²) >= 11 is 0. The predicted octanol–water partition coefficient (Wildman–Crippen LogP) is 1.46. The second-order valence-electron chi connectivity index (χ2n) is 3.45. The highest BCUT2D eigenvalue weighted by molar-refractivity contribution is 5.01. The fourth-order valence-electron chi connectivity index (χ4n) is 1.31. The van der Waals surface area contributed by atoms with Crippen molar-refractivity contribution in [2.24, 2.45) is 0 Å². The van der Waals surface area contributed by atoms with Gasteiger partial charge < -0.3 is 15.6 Å². The topological polar surface area (TPSA) is 79.2 Å². The standard InChI is InChI=1S/C9H12N2O2.H3N/c1-9(2)12-6-8(13-9)7-5-10-3-4-11-7;/h3-5,8H,6H2,1-2H3;1H3. The summed E-state index contributed by atoms with van der Waals surface area (Å²) in [6, 6.07) is 0. The molecule has 0 aliphatic carbocycles. The van der Waals surface area contributed by atoms with E-state index in [-0.39, 0.29) is 12.3 Å². The number of hydrogen-bond acceptors (Lipinski definition) is 5. The molecule has 1 aliphatic rings. The van der Waals surface area contributed by atoms with Crippen LogP contribution in [0.3, 0.4) is 0 Å². The molecule has 0 radical (unpaired) electrons. The number of ether oxygens (including phenoxy) is 2. The van der Waals surface area contributed by atoms with Gasteiger partial charge in [0.25, 0.3) is 0 Å². The predicted molar refractivity (Wildman–Crippen MR) is 50.9 cm³/mol. The first kappa shape index (κ1) is 11.0. The Hall–Kier alpha value is -1.04. The molecule has 1 aromatic heterocycles. The lowest BCUT2D eigenvalue weighted by Gasteiger charge is -2.16. The summed E-state index contributed by atoms with van der Waals surface area (Å²) in [6.07, 6.45) is 4.92. The van der Waals surface area contributed by atoms with Crippen LogP contribution in [0.25, 0.3) is 0 Å². The maximum absolute atomic E-state index is 5.61. The van der Waals surface area contributed by atoms with Gasteiger partial charge in [-0.15, -0.1) is 0 Å². The zero-order valence-corrected chi connectivity index (χ0v) is 8.43. The molecule has 3 N–H and O–H groups in total. The smallest absolute Gasteiger partial charge is 0.163 e. The molecule has 1 aromatic rings. The molecule has 0 saturated carbocycles. The van der Waals surface area contributed by atoms with Crippen LogP contribution >= 0.6 is 0 Å². The molecular weight excluding hydrogens is 182 g/mol. The molecule has 78 valence electrons. The second kappa shape index (κ2) is 4.00. The molecule has 2 heterocycles. The summed E-state index contributed by atoms with van der Waals surface area (Å²) in [4.78, 5) is 8.14. The quantitative estimate of drug-likeness (QED) is 0.737. The molecule has 1 fully saturated rings. The molecule has 1 saturated heterocycles. The molecule has 1 atom stereocenters. The highest BCUT2D eigenvalue weighted by Crippen LogP contribution is 2.31. The van der Waals surface area contributed by atoms with Crippen molar-refractivity contribution >= 4 is 0 Å². The third kappa shape index (κ3) is 2.25. The molecule has 5 heteroatoms. The van der Waals surface area contributed by atoms with Gasteiger partial charge in [-0.25, -0.2) is 0 Å². The number of rotatable bonds is 1. The van der Waals surface area contributed by atoms with Gasteiger partial charge in [0.15, 0.2) is 5.79 Å². The van der Waals surface area contributed by atoms with Gasteiger partial charge in [0.1, 0.15) is 6.10 Å². The van der Waals surface area contributed by atoms with Gasteiger partial charge >= 0.3 is 0 Å². The molecule has 1 aliphatic heterocycles. The molecule has 1 unspecified atom stereocenters. The van der Waals surface area contributed by atoms with Crippen molar-refractivity contribution in [3.8, 4) is 0 Å². The Kier molecular flexibility index (Phi) is 3.15. The number of nitrogens with zero attached hydrogens (tertiary/aromatic N) is 2. The number of hydrogen-bond donors (Lipinski definition) is 1. The summed E-state index contributed by atoms with van der Waals surface area (Å²) in [6.45, 7) is 4.33. The largest absolute Gasteiger partial charge is 0.347 e. The zero-order valence-electron chi connectivity index (χ0n) is 8.43.